The molecule has 2 aromatic rings. The Kier molecular flexibility index (Phi) is 3.16. The van der Waals surface area contributed by atoms with E-state index in [0.717, 1.165) is 0 Å². The van der Waals surface area contributed by atoms with Gasteiger partial charge in [0.15, 0.2) is 5.78 Å². The standard InChI is InChI=1S/C11H10N4O3S/c1-17-9-2-7(12-5-13-9)10-14-11(18-15-10)6-3-19-4-8(6)16/h2,5-6H,3-4H2,1H3. The highest BCUT2D eigenvalue weighted by molar-refractivity contribution is 8.00. The van der Waals surface area contributed by atoms with E-state index in [1.165, 1.54) is 13.4 Å². The van der Waals surface area contributed by atoms with E-state index >= 15 is 0 Å². The molecular formula is C11H10N4O3S. The third-order valence-electron chi connectivity index (χ3n) is 2.74. The number of rotatable bonds is 3. The molecule has 0 bridgehead atoms. The van der Waals surface area contributed by atoms with Crippen LogP contribution >= 0.6 is 11.8 Å². The van der Waals surface area contributed by atoms with E-state index in [9.17, 15) is 4.79 Å². The lowest BCUT2D eigenvalue weighted by molar-refractivity contribution is -0.117. The van der Waals surface area contributed by atoms with Gasteiger partial charge < -0.3 is 9.26 Å². The number of hydrogen-bond donors (Lipinski definition) is 0. The van der Waals surface area contributed by atoms with E-state index in [1.54, 1.807) is 17.8 Å². The molecule has 0 aromatic carbocycles. The van der Waals surface area contributed by atoms with Crippen molar-refractivity contribution in [3.63, 3.8) is 0 Å². The molecule has 0 saturated carbocycles. The molecule has 0 aliphatic carbocycles. The average molecular weight is 278 g/mol. The zero-order valence-corrected chi connectivity index (χ0v) is 10.9. The van der Waals surface area contributed by atoms with Crippen LogP contribution in [0.2, 0.25) is 0 Å². The average Bonchev–Trinajstić information content (AvgIpc) is 3.07. The van der Waals surface area contributed by atoms with Crippen LogP contribution in [-0.4, -0.2) is 44.5 Å². The summed E-state index contributed by atoms with van der Waals surface area (Å²) in [4.78, 5) is 23.8. The molecule has 1 atom stereocenters. The van der Waals surface area contributed by atoms with Gasteiger partial charge in [-0.3, -0.25) is 4.79 Å². The van der Waals surface area contributed by atoms with Crippen molar-refractivity contribution < 1.29 is 14.1 Å². The first-order valence-corrected chi connectivity index (χ1v) is 6.74. The number of carbonyl (C=O) groups is 1. The number of methoxy groups -OCH3 is 1. The van der Waals surface area contributed by atoms with Crippen molar-refractivity contribution in [3.8, 4) is 17.4 Å². The van der Waals surface area contributed by atoms with Crippen LogP contribution in [0.15, 0.2) is 16.9 Å². The van der Waals surface area contributed by atoms with Crippen LogP contribution in [0, 0.1) is 0 Å². The van der Waals surface area contributed by atoms with Crippen LogP contribution < -0.4 is 4.74 Å². The lowest BCUT2D eigenvalue weighted by Crippen LogP contribution is -2.09. The van der Waals surface area contributed by atoms with Crippen molar-refractivity contribution >= 4 is 17.5 Å². The normalized spacial score (nSPS) is 18.8. The molecule has 2 aromatic heterocycles. The molecule has 0 N–H and O–H groups in total. The number of carbonyl (C=O) groups excluding carboxylic acids is 1. The quantitative estimate of drug-likeness (QED) is 0.819. The predicted octanol–water partition coefficient (Wildman–Crippen LogP) is 0.935. The fraction of sp³-hybridized carbons (Fsp3) is 0.364. The molecule has 0 radical (unpaired) electrons. The molecule has 7 nitrogen and oxygen atoms in total. The maximum absolute atomic E-state index is 11.6. The Morgan fingerprint density at radius 2 is 2.37 bits per heavy atom. The Bertz CT molecular complexity index is 615. The first-order chi connectivity index (χ1) is 9.28. The van der Waals surface area contributed by atoms with Crippen molar-refractivity contribution in [3.05, 3.63) is 18.3 Å². The van der Waals surface area contributed by atoms with Gasteiger partial charge in [-0.1, -0.05) is 5.16 Å². The molecule has 3 heterocycles. The molecule has 1 saturated heterocycles. The maximum Gasteiger partial charge on any atom is 0.238 e. The number of aromatic nitrogens is 4. The zero-order chi connectivity index (χ0) is 13.2. The lowest BCUT2D eigenvalue weighted by atomic mass is 10.1. The summed E-state index contributed by atoms with van der Waals surface area (Å²) in [7, 11) is 1.52. The van der Waals surface area contributed by atoms with Crippen molar-refractivity contribution in [1.82, 2.24) is 20.1 Å². The van der Waals surface area contributed by atoms with Crippen LogP contribution in [0.25, 0.3) is 11.5 Å². The second-order valence-electron chi connectivity index (χ2n) is 3.94. The van der Waals surface area contributed by atoms with Crippen molar-refractivity contribution in [2.24, 2.45) is 0 Å². The van der Waals surface area contributed by atoms with Crippen LogP contribution in [0.4, 0.5) is 0 Å². The van der Waals surface area contributed by atoms with Gasteiger partial charge in [0, 0.05) is 11.8 Å². The number of hydrogen-bond acceptors (Lipinski definition) is 8. The summed E-state index contributed by atoms with van der Waals surface area (Å²) in [6.07, 6.45) is 1.36. The number of ketones is 1. The summed E-state index contributed by atoms with van der Waals surface area (Å²) in [5.74, 6) is 2.12. The minimum atomic E-state index is -0.296. The van der Waals surface area contributed by atoms with Crippen LogP contribution in [-0.2, 0) is 4.79 Å². The number of Topliss-reactive ketones (excluding diaryl/α,β-unsaturated/α-hetero) is 1. The minimum Gasteiger partial charge on any atom is -0.481 e. The summed E-state index contributed by atoms with van der Waals surface area (Å²) in [6, 6.07) is 1.61. The summed E-state index contributed by atoms with van der Waals surface area (Å²) in [5, 5.41) is 3.85. The van der Waals surface area contributed by atoms with Crippen LogP contribution in [0.3, 0.4) is 0 Å². The van der Waals surface area contributed by atoms with Gasteiger partial charge in [-0.2, -0.15) is 16.7 Å². The number of ether oxygens (including phenoxy) is 1. The van der Waals surface area contributed by atoms with Crippen molar-refractivity contribution in [1.29, 1.82) is 0 Å². The highest BCUT2D eigenvalue weighted by atomic mass is 32.2. The highest BCUT2D eigenvalue weighted by Crippen LogP contribution is 2.29. The Labute approximate surface area is 112 Å². The molecule has 3 rings (SSSR count). The second kappa shape index (κ2) is 4.96. The Morgan fingerprint density at radius 1 is 1.47 bits per heavy atom. The molecule has 1 aliphatic rings. The van der Waals surface area contributed by atoms with Gasteiger partial charge in [0.1, 0.15) is 17.9 Å². The fourth-order valence-corrected chi connectivity index (χ4v) is 2.82. The smallest absolute Gasteiger partial charge is 0.238 e. The SMILES string of the molecule is COc1cc(-c2noc(C3CSCC3=O)n2)ncn1. The molecule has 0 amide bonds. The van der Waals surface area contributed by atoms with E-state index in [2.05, 4.69) is 20.1 Å². The number of nitrogens with zero attached hydrogens (tertiary/aromatic N) is 4. The van der Waals surface area contributed by atoms with Gasteiger partial charge in [-0.25, -0.2) is 9.97 Å². The van der Waals surface area contributed by atoms with E-state index in [-0.39, 0.29) is 11.7 Å². The molecule has 1 unspecified atom stereocenters. The first-order valence-electron chi connectivity index (χ1n) is 5.58. The first kappa shape index (κ1) is 12.1. The molecule has 98 valence electrons. The Morgan fingerprint density at radius 3 is 3.11 bits per heavy atom. The number of thioether (sulfide) groups is 1. The highest BCUT2D eigenvalue weighted by Gasteiger charge is 2.31. The summed E-state index contributed by atoms with van der Waals surface area (Å²) in [6.45, 7) is 0. The molecule has 0 spiro atoms. The fourth-order valence-electron chi connectivity index (χ4n) is 1.73. The summed E-state index contributed by atoms with van der Waals surface area (Å²) >= 11 is 1.57. The van der Waals surface area contributed by atoms with Gasteiger partial charge in [0.05, 0.1) is 12.9 Å². The molecule has 19 heavy (non-hydrogen) atoms. The molecular weight excluding hydrogens is 268 g/mol. The molecule has 8 heteroatoms. The third kappa shape index (κ3) is 2.30. The van der Waals surface area contributed by atoms with E-state index < -0.39 is 0 Å². The Hall–Kier alpha value is -1.96. The van der Waals surface area contributed by atoms with Gasteiger partial charge in [0.2, 0.25) is 17.6 Å². The van der Waals surface area contributed by atoms with Crippen molar-refractivity contribution in [2.45, 2.75) is 5.92 Å². The van der Waals surface area contributed by atoms with E-state index in [0.29, 0.717) is 34.8 Å². The van der Waals surface area contributed by atoms with Gasteiger partial charge in [-0.05, 0) is 0 Å². The third-order valence-corrected chi connectivity index (χ3v) is 3.80. The largest absolute Gasteiger partial charge is 0.481 e. The summed E-state index contributed by atoms with van der Waals surface area (Å²) < 4.78 is 10.2. The minimum absolute atomic E-state index is 0.125. The van der Waals surface area contributed by atoms with Crippen LogP contribution in [0.1, 0.15) is 11.8 Å². The van der Waals surface area contributed by atoms with E-state index in [1.807, 2.05) is 0 Å². The topological polar surface area (TPSA) is 91.0 Å². The monoisotopic (exact) mass is 278 g/mol. The van der Waals surface area contributed by atoms with Gasteiger partial charge >= 0.3 is 0 Å². The zero-order valence-electron chi connectivity index (χ0n) is 10.1. The van der Waals surface area contributed by atoms with Gasteiger partial charge in [-0.15, -0.1) is 0 Å². The van der Waals surface area contributed by atoms with Crippen molar-refractivity contribution in [2.75, 3.05) is 18.6 Å². The van der Waals surface area contributed by atoms with Gasteiger partial charge in [0.25, 0.3) is 0 Å². The molecule has 1 aliphatic heterocycles. The second-order valence-corrected chi connectivity index (χ2v) is 4.97. The molecule has 1 fully saturated rings. The maximum atomic E-state index is 11.6. The van der Waals surface area contributed by atoms with Crippen LogP contribution in [0.5, 0.6) is 5.88 Å². The Balaban J connectivity index is 1.90. The predicted molar refractivity (Wildman–Crippen MR) is 66.9 cm³/mol. The van der Waals surface area contributed by atoms with E-state index in [4.69, 9.17) is 9.26 Å². The summed E-state index contributed by atoms with van der Waals surface area (Å²) in [5.41, 5.74) is 0.500. The lowest BCUT2D eigenvalue weighted by Gasteiger charge is -1.98.